The third-order valence-corrected chi connectivity index (χ3v) is 7.10. The van der Waals surface area contributed by atoms with Gasteiger partial charge >= 0.3 is 6.03 Å². The lowest BCUT2D eigenvalue weighted by molar-refractivity contribution is -0.123. The van der Waals surface area contributed by atoms with E-state index in [0.717, 1.165) is 37.5 Å². The fourth-order valence-electron chi connectivity index (χ4n) is 5.03. The van der Waals surface area contributed by atoms with Crippen LogP contribution in [0.25, 0.3) is 0 Å². The van der Waals surface area contributed by atoms with Crippen molar-refractivity contribution in [2.45, 2.75) is 45.7 Å². The quantitative estimate of drug-likeness (QED) is 0.629. The van der Waals surface area contributed by atoms with Crippen LogP contribution in [-0.2, 0) is 0 Å². The van der Waals surface area contributed by atoms with Crippen molar-refractivity contribution in [3.05, 3.63) is 64.7 Å². The molecular formula is C25H30ClN3O2. The molecule has 164 valence electrons. The minimum atomic E-state index is -0.0755. The third kappa shape index (κ3) is 4.35. The van der Waals surface area contributed by atoms with Crippen LogP contribution in [0.15, 0.2) is 48.5 Å². The zero-order chi connectivity index (χ0) is 22.2. The molecule has 0 aliphatic carbocycles. The Morgan fingerprint density at radius 2 is 1.65 bits per heavy atom. The number of nitrogens with one attached hydrogen (secondary N) is 1. The van der Waals surface area contributed by atoms with Gasteiger partial charge in [0.2, 0.25) is 0 Å². The fraction of sp³-hybridized carbons (Fsp3) is 0.440. The maximum absolute atomic E-state index is 12.8. The molecule has 2 heterocycles. The van der Waals surface area contributed by atoms with E-state index in [1.54, 1.807) is 24.3 Å². The van der Waals surface area contributed by atoms with E-state index in [1.165, 1.54) is 12.5 Å². The van der Waals surface area contributed by atoms with Crippen molar-refractivity contribution in [2.75, 3.05) is 25.0 Å². The number of rotatable bonds is 4. The molecule has 0 aromatic heterocycles. The van der Waals surface area contributed by atoms with Crippen LogP contribution in [-0.4, -0.2) is 47.3 Å². The molecule has 2 aromatic carbocycles. The summed E-state index contributed by atoms with van der Waals surface area (Å²) in [5.74, 6) is 0.0189. The number of hydrogen-bond donors (Lipinski definition) is 1. The largest absolute Gasteiger partial charge is 0.324 e. The van der Waals surface area contributed by atoms with Gasteiger partial charge in [0, 0.05) is 53.4 Å². The summed E-state index contributed by atoms with van der Waals surface area (Å²) in [5.41, 5.74) is 2.88. The number of carbonyl (C=O) groups excluding carboxylic acids is 2. The number of nitrogens with zero attached hydrogens (tertiary/aromatic N) is 2. The van der Waals surface area contributed by atoms with Crippen molar-refractivity contribution in [3.63, 3.8) is 0 Å². The van der Waals surface area contributed by atoms with E-state index in [0.29, 0.717) is 23.3 Å². The van der Waals surface area contributed by atoms with Gasteiger partial charge in [-0.2, -0.15) is 0 Å². The molecule has 31 heavy (non-hydrogen) atoms. The second kappa shape index (κ2) is 8.64. The number of anilines is 1. The average molecular weight is 440 g/mol. The van der Waals surface area contributed by atoms with Gasteiger partial charge < -0.3 is 10.2 Å². The summed E-state index contributed by atoms with van der Waals surface area (Å²) >= 11 is 6.12. The summed E-state index contributed by atoms with van der Waals surface area (Å²) in [4.78, 5) is 28.7. The Kier molecular flexibility index (Phi) is 6.09. The van der Waals surface area contributed by atoms with Gasteiger partial charge in [-0.3, -0.25) is 9.69 Å². The number of carbonyl (C=O) groups is 2. The highest BCUT2D eigenvalue weighted by Gasteiger charge is 2.54. The van der Waals surface area contributed by atoms with E-state index >= 15 is 0 Å². The summed E-state index contributed by atoms with van der Waals surface area (Å²) in [5, 5.41) is 3.73. The highest BCUT2D eigenvalue weighted by molar-refractivity contribution is 6.30. The molecule has 2 saturated heterocycles. The first kappa shape index (κ1) is 21.8. The molecule has 4 rings (SSSR count). The van der Waals surface area contributed by atoms with Crippen LogP contribution >= 0.6 is 11.6 Å². The number of piperidine rings is 1. The van der Waals surface area contributed by atoms with Gasteiger partial charge in [0.1, 0.15) is 0 Å². The minimum absolute atomic E-state index is 0.0189. The van der Waals surface area contributed by atoms with Crippen molar-refractivity contribution >= 4 is 29.1 Å². The third-order valence-electron chi connectivity index (χ3n) is 6.85. The molecule has 2 aromatic rings. The zero-order valence-electron chi connectivity index (χ0n) is 18.4. The Morgan fingerprint density at radius 1 is 1.03 bits per heavy atom. The van der Waals surface area contributed by atoms with Gasteiger partial charge in [-0.25, -0.2) is 4.79 Å². The number of amides is 2. The van der Waals surface area contributed by atoms with Crippen molar-refractivity contribution < 1.29 is 9.59 Å². The maximum atomic E-state index is 12.8. The molecule has 6 heteroatoms. The molecule has 0 bridgehead atoms. The normalized spacial score (nSPS) is 20.5. The summed E-state index contributed by atoms with van der Waals surface area (Å²) in [6.07, 6.45) is 1.97. The minimum Gasteiger partial charge on any atom is -0.324 e. The van der Waals surface area contributed by atoms with E-state index in [4.69, 9.17) is 11.6 Å². The van der Waals surface area contributed by atoms with Gasteiger partial charge in [-0.05, 0) is 75.6 Å². The van der Waals surface area contributed by atoms with Crippen molar-refractivity contribution in [1.82, 2.24) is 9.80 Å². The maximum Gasteiger partial charge on any atom is 0.321 e. The number of ketones is 1. The number of likely N-dealkylation sites (tertiary alicyclic amines) is 2. The lowest BCUT2D eigenvalue weighted by atomic mass is 9.62. The Hall–Kier alpha value is -2.37. The average Bonchev–Trinajstić information content (AvgIpc) is 2.74. The predicted molar refractivity (Wildman–Crippen MR) is 125 cm³/mol. The second-order valence-corrected chi connectivity index (χ2v) is 9.57. The Balaban J connectivity index is 1.41. The van der Waals surface area contributed by atoms with Crippen LogP contribution in [0.3, 0.4) is 0 Å². The number of halogens is 1. The van der Waals surface area contributed by atoms with Crippen LogP contribution in [0.4, 0.5) is 10.5 Å². The summed E-state index contributed by atoms with van der Waals surface area (Å²) < 4.78 is 0. The molecule has 5 nitrogen and oxygen atoms in total. The molecule has 1 N–H and O–H groups in total. The molecule has 1 unspecified atom stereocenters. The van der Waals surface area contributed by atoms with E-state index in [9.17, 15) is 9.59 Å². The number of urea groups is 1. The lowest BCUT2D eigenvalue weighted by Gasteiger charge is -2.62. The van der Waals surface area contributed by atoms with Crippen molar-refractivity contribution in [2.24, 2.45) is 5.41 Å². The molecule has 0 radical (unpaired) electrons. The highest BCUT2D eigenvalue weighted by atomic mass is 35.5. The molecule has 2 fully saturated rings. The van der Waals surface area contributed by atoms with Crippen LogP contribution in [0.1, 0.15) is 55.6 Å². The number of hydrogen-bond acceptors (Lipinski definition) is 3. The topological polar surface area (TPSA) is 52.7 Å². The second-order valence-electron chi connectivity index (χ2n) is 9.13. The smallest absolute Gasteiger partial charge is 0.321 e. The Labute approximate surface area is 189 Å². The predicted octanol–water partition coefficient (Wildman–Crippen LogP) is 5.62. The summed E-state index contributed by atoms with van der Waals surface area (Å²) in [7, 11) is 0. The lowest BCUT2D eigenvalue weighted by Crippen LogP contribution is -2.64. The first-order chi connectivity index (χ1) is 14.8. The summed E-state index contributed by atoms with van der Waals surface area (Å²) in [6, 6.07) is 16.1. The highest BCUT2D eigenvalue weighted by Crippen LogP contribution is 2.55. The van der Waals surface area contributed by atoms with Gasteiger partial charge in [0.15, 0.2) is 5.78 Å². The van der Waals surface area contributed by atoms with Gasteiger partial charge in [-0.1, -0.05) is 23.7 Å². The Morgan fingerprint density at radius 3 is 2.19 bits per heavy atom. The first-order valence-corrected chi connectivity index (χ1v) is 11.3. The Bertz CT molecular complexity index is 948. The van der Waals surface area contributed by atoms with Gasteiger partial charge in [0.25, 0.3) is 0 Å². The molecule has 2 aliphatic heterocycles. The van der Waals surface area contributed by atoms with E-state index in [-0.39, 0.29) is 17.2 Å². The van der Waals surface area contributed by atoms with E-state index in [1.807, 2.05) is 17.0 Å². The SMILES string of the molecule is CC(=O)c1ccc(NC(=O)N2CCC3(CC2)CN(C(C)C)C3c2ccc(Cl)cc2)cc1. The summed E-state index contributed by atoms with van der Waals surface area (Å²) in [6.45, 7) is 8.58. The molecule has 1 atom stereocenters. The van der Waals surface area contributed by atoms with Crippen molar-refractivity contribution in [1.29, 1.82) is 0 Å². The molecule has 2 aliphatic rings. The molecule has 1 spiro atoms. The van der Waals surface area contributed by atoms with Crippen LogP contribution < -0.4 is 5.32 Å². The fourth-order valence-corrected chi connectivity index (χ4v) is 5.15. The first-order valence-electron chi connectivity index (χ1n) is 11.0. The van der Waals surface area contributed by atoms with E-state index < -0.39 is 0 Å². The van der Waals surface area contributed by atoms with Gasteiger partial charge in [0.05, 0.1) is 0 Å². The molecule has 2 amide bonds. The van der Waals surface area contributed by atoms with E-state index in [2.05, 4.69) is 36.2 Å². The monoisotopic (exact) mass is 439 g/mol. The number of benzene rings is 2. The van der Waals surface area contributed by atoms with Crippen molar-refractivity contribution in [3.8, 4) is 0 Å². The standard InChI is InChI=1S/C25H30ClN3O2/c1-17(2)29-16-25(23(29)20-4-8-21(26)9-5-20)12-14-28(15-13-25)24(31)27-22-10-6-19(7-11-22)18(3)30/h4-11,17,23H,12-16H2,1-3H3,(H,27,31). The molecule has 0 saturated carbocycles. The van der Waals surface area contributed by atoms with Crippen LogP contribution in [0.2, 0.25) is 5.02 Å². The van der Waals surface area contributed by atoms with Crippen LogP contribution in [0, 0.1) is 5.41 Å². The van der Waals surface area contributed by atoms with Crippen LogP contribution in [0.5, 0.6) is 0 Å². The molecular weight excluding hydrogens is 410 g/mol. The number of Topliss-reactive ketones (excluding diaryl/α,β-unsaturated/α-hetero) is 1. The zero-order valence-corrected chi connectivity index (χ0v) is 19.2. The van der Waals surface area contributed by atoms with Gasteiger partial charge in [-0.15, -0.1) is 0 Å².